The number of aryl methyl sites for hydroxylation is 2. The van der Waals surface area contributed by atoms with Gasteiger partial charge in [0.2, 0.25) is 0 Å². The highest BCUT2D eigenvalue weighted by atomic mass is 16.1. The maximum atomic E-state index is 10.9. The molecule has 0 bridgehead atoms. The summed E-state index contributed by atoms with van der Waals surface area (Å²) in [5.41, 5.74) is 2.74. The van der Waals surface area contributed by atoms with Gasteiger partial charge in [-0.05, 0) is 25.8 Å². The molecule has 0 aliphatic heterocycles. The third-order valence-corrected chi connectivity index (χ3v) is 1.95. The number of aromatic nitrogens is 2. The van der Waals surface area contributed by atoms with E-state index in [-0.39, 0.29) is 5.69 Å². The molecule has 0 saturated heterocycles. The summed E-state index contributed by atoms with van der Waals surface area (Å²) in [6.07, 6.45) is 2.07. The first-order valence-corrected chi connectivity index (χ1v) is 4.21. The summed E-state index contributed by atoms with van der Waals surface area (Å²) in [5, 5.41) is 0. The summed E-state index contributed by atoms with van der Waals surface area (Å²) in [4.78, 5) is 17.4. The van der Waals surface area contributed by atoms with E-state index in [0.29, 0.717) is 0 Å². The zero-order chi connectivity index (χ0) is 9.14. The number of nitrogens with one attached hydrogen (secondary N) is 1. The summed E-state index contributed by atoms with van der Waals surface area (Å²) >= 11 is 0. The van der Waals surface area contributed by atoms with Gasteiger partial charge >= 0.3 is 5.69 Å². The molecule has 1 aromatic rings. The third kappa shape index (κ3) is 1.72. The van der Waals surface area contributed by atoms with Crippen LogP contribution < -0.4 is 5.69 Å². The fraction of sp³-hybridized carbons (Fsp3) is 0.556. The standard InChI is InChI=1S/C9H14N2O/c1-4-5-8-6(2)10-9(12)11-7(8)3/h4-5H2,1-3H3,(H,10,11,12). The van der Waals surface area contributed by atoms with E-state index in [1.54, 1.807) is 0 Å². The van der Waals surface area contributed by atoms with E-state index in [4.69, 9.17) is 0 Å². The van der Waals surface area contributed by atoms with E-state index in [0.717, 1.165) is 24.2 Å². The topological polar surface area (TPSA) is 45.8 Å². The second-order valence-corrected chi connectivity index (χ2v) is 2.98. The van der Waals surface area contributed by atoms with Crippen molar-refractivity contribution in [3.8, 4) is 0 Å². The largest absolute Gasteiger partial charge is 0.345 e. The third-order valence-electron chi connectivity index (χ3n) is 1.95. The van der Waals surface area contributed by atoms with Crippen LogP contribution in [-0.2, 0) is 6.42 Å². The maximum absolute atomic E-state index is 10.9. The first-order chi connectivity index (χ1) is 5.65. The fourth-order valence-corrected chi connectivity index (χ4v) is 1.37. The molecular weight excluding hydrogens is 152 g/mol. The zero-order valence-corrected chi connectivity index (χ0v) is 7.77. The lowest BCUT2D eigenvalue weighted by atomic mass is 10.1. The van der Waals surface area contributed by atoms with Crippen LogP contribution in [0.15, 0.2) is 4.79 Å². The van der Waals surface area contributed by atoms with Gasteiger partial charge in [-0.15, -0.1) is 0 Å². The summed E-state index contributed by atoms with van der Waals surface area (Å²) in [6.45, 7) is 5.91. The van der Waals surface area contributed by atoms with Gasteiger partial charge in [0.1, 0.15) is 0 Å². The minimum Gasteiger partial charge on any atom is -0.310 e. The molecule has 3 heteroatoms. The Hall–Kier alpha value is -1.12. The van der Waals surface area contributed by atoms with Crippen LogP contribution in [0.3, 0.4) is 0 Å². The van der Waals surface area contributed by atoms with Crippen molar-refractivity contribution in [2.45, 2.75) is 33.6 Å². The van der Waals surface area contributed by atoms with Crippen molar-refractivity contribution in [3.63, 3.8) is 0 Å². The number of aromatic amines is 1. The Morgan fingerprint density at radius 2 is 2.08 bits per heavy atom. The van der Waals surface area contributed by atoms with Crippen molar-refractivity contribution in [1.29, 1.82) is 0 Å². The Morgan fingerprint density at radius 1 is 1.42 bits per heavy atom. The van der Waals surface area contributed by atoms with Gasteiger partial charge in [-0.25, -0.2) is 4.79 Å². The van der Waals surface area contributed by atoms with E-state index < -0.39 is 0 Å². The van der Waals surface area contributed by atoms with Crippen LogP contribution in [-0.4, -0.2) is 9.97 Å². The normalized spacial score (nSPS) is 10.2. The number of nitrogens with zero attached hydrogens (tertiary/aromatic N) is 1. The molecule has 0 amide bonds. The Morgan fingerprint density at radius 3 is 2.58 bits per heavy atom. The van der Waals surface area contributed by atoms with E-state index >= 15 is 0 Å². The van der Waals surface area contributed by atoms with E-state index in [2.05, 4.69) is 16.9 Å². The van der Waals surface area contributed by atoms with Gasteiger partial charge in [-0.1, -0.05) is 13.3 Å². The van der Waals surface area contributed by atoms with Crippen molar-refractivity contribution in [2.75, 3.05) is 0 Å². The molecule has 0 unspecified atom stereocenters. The lowest BCUT2D eigenvalue weighted by molar-refractivity contribution is 0.849. The smallest absolute Gasteiger partial charge is 0.310 e. The summed E-state index contributed by atoms with van der Waals surface area (Å²) < 4.78 is 0. The van der Waals surface area contributed by atoms with Crippen molar-refractivity contribution in [1.82, 2.24) is 9.97 Å². The Bertz CT molecular complexity index is 302. The number of hydrogen-bond donors (Lipinski definition) is 1. The van der Waals surface area contributed by atoms with Crippen molar-refractivity contribution >= 4 is 0 Å². The highest BCUT2D eigenvalue weighted by molar-refractivity contribution is 5.22. The summed E-state index contributed by atoms with van der Waals surface area (Å²) in [6, 6.07) is 0. The monoisotopic (exact) mass is 166 g/mol. The molecule has 0 atom stereocenters. The molecule has 1 N–H and O–H groups in total. The first kappa shape index (κ1) is 8.97. The number of rotatable bonds is 2. The van der Waals surface area contributed by atoms with E-state index in [1.807, 2.05) is 13.8 Å². The molecule has 0 spiro atoms. The van der Waals surface area contributed by atoms with E-state index in [9.17, 15) is 4.79 Å². The Labute approximate surface area is 71.9 Å². The molecule has 1 heterocycles. The quantitative estimate of drug-likeness (QED) is 0.720. The molecule has 1 rings (SSSR count). The molecule has 0 fully saturated rings. The molecule has 0 aromatic carbocycles. The molecule has 0 radical (unpaired) electrons. The molecule has 66 valence electrons. The second kappa shape index (κ2) is 3.52. The predicted octanol–water partition coefficient (Wildman–Crippen LogP) is 1.34. The zero-order valence-electron chi connectivity index (χ0n) is 7.77. The van der Waals surface area contributed by atoms with Gasteiger partial charge < -0.3 is 4.98 Å². The van der Waals surface area contributed by atoms with Crippen LogP contribution in [0.4, 0.5) is 0 Å². The van der Waals surface area contributed by atoms with Gasteiger partial charge in [0, 0.05) is 11.4 Å². The Kier molecular flexibility index (Phi) is 2.63. The highest BCUT2D eigenvalue weighted by Crippen LogP contribution is 2.08. The van der Waals surface area contributed by atoms with Crippen LogP contribution >= 0.6 is 0 Å². The molecule has 0 aliphatic carbocycles. The number of hydrogen-bond acceptors (Lipinski definition) is 2. The Balaban J connectivity index is 3.18. The van der Waals surface area contributed by atoms with E-state index in [1.165, 1.54) is 5.56 Å². The summed E-state index contributed by atoms with van der Waals surface area (Å²) in [5.74, 6) is 0. The molecule has 3 nitrogen and oxygen atoms in total. The highest BCUT2D eigenvalue weighted by Gasteiger charge is 2.03. The van der Waals surface area contributed by atoms with Gasteiger partial charge in [0.15, 0.2) is 0 Å². The van der Waals surface area contributed by atoms with Crippen LogP contribution in [0.5, 0.6) is 0 Å². The van der Waals surface area contributed by atoms with Crippen LogP contribution in [0, 0.1) is 13.8 Å². The fourth-order valence-electron chi connectivity index (χ4n) is 1.37. The minimum absolute atomic E-state index is 0.246. The van der Waals surface area contributed by atoms with Crippen molar-refractivity contribution in [3.05, 3.63) is 27.4 Å². The second-order valence-electron chi connectivity index (χ2n) is 2.98. The average Bonchev–Trinajstić information content (AvgIpc) is 1.96. The van der Waals surface area contributed by atoms with Gasteiger partial charge in [0.25, 0.3) is 0 Å². The SMILES string of the molecule is CCCc1c(C)nc(=O)[nH]c1C. The van der Waals surface area contributed by atoms with Gasteiger partial charge in [0.05, 0.1) is 0 Å². The van der Waals surface area contributed by atoms with Gasteiger partial charge in [-0.2, -0.15) is 4.98 Å². The van der Waals surface area contributed by atoms with Crippen LogP contribution in [0.1, 0.15) is 30.3 Å². The lowest BCUT2D eigenvalue weighted by Crippen LogP contribution is -2.15. The maximum Gasteiger partial charge on any atom is 0.345 e. The van der Waals surface area contributed by atoms with Crippen LogP contribution in [0.2, 0.25) is 0 Å². The van der Waals surface area contributed by atoms with Crippen LogP contribution in [0.25, 0.3) is 0 Å². The van der Waals surface area contributed by atoms with Gasteiger partial charge in [-0.3, -0.25) is 0 Å². The van der Waals surface area contributed by atoms with Crippen molar-refractivity contribution in [2.24, 2.45) is 0 Å². The molecular formula is C9H14N2O. The number of H-pyrrole nitrogens is 1. The molecule has 12 heavy (non-hydrogen) atoms. The molecule has 0 aliphatic rings. The van der Waals surface area contributed by atoms with Crippen molar-refractivity contribution < 1.29 is 0 Å². The lowest BCUT2D eigenvalue weighted by Gasteiger charge is -2.05. The predicted molar refractivity (Wildman–Crippen MR) is 48.3 cm³/mol. The molecule has 0 saturated carbocycles. The molecule has 1 aromatic heterocycles. The average molecular weight is 166 g/mol. The summed E-state index contributed by atoms with van der Waals surface area (Å²) in [7, 11) is 0. The first-order valence-electron chi connectivity index (χ1n) is 4.21. The minimum atomic E-state index is -0.246.